The minimum Gasteiger partial charge on any atom is -0.381 e. The molecule has 32 heavy (non-hydrogen) atoms. The van der Waals surface area contributed by atoms with E-state index in [0.29, 0.717) is 5.69 Å². The second-order valence-corrected chi connectivity index (χ2v) is 9.35. The molecule has 5 rings (SSSR count). The molecule has 0 aromatic carbocycles. The molecule has 1 amide bonds. The van der Waals surface area contributed by atoms with Crippen molar-refractivity contribution in [1.82, 2.24) is 25.6 Å². The molecule has 11 heteroatoms. The van der Waals surface area contributed by atoms with Gasteiger partial charge in [0.15, 0.2) is 0 Å². The van der Waals surface area contributed by atoms with Crippen LogP contribution in [0.25, 0.3) is 0 Å². The topological polar surface area (TPSA) is 111 Å². The summed E-state index contributed by atoms with van der Waals surface area (Å²) in [5.74, 6) is -0.753. The Bertz CT molecular complexity index is 838. The molecular formula is C21H33FN8O2. The van der Waals surface area contributed by atoms with Gasteiger partial charge in [0.1, 0.15) is 6.17 Å². The van der Waals surface area contributed by atoms with E-state index in [1.54, 1.807) is 17.4 Å². The number of anilines is 2. The SMILES string of the molecule is CN1CCN(c2ccncc2NC(=O)C2C(N)NN3CC(F)CNC23)CC12CCOCC2. The van der Waals surface area contributed by atoms with E-state index >= 15 is 0 Å². The van der Waals surface area contributed by atoms with Gasteiger partial charge in [-0.15, -0.1) is 0 Å². The number of nitrogens with zero attached hydrogens (tertiary/aromatic N) is 4. The number of carbonyl (C=O) groups is 1. The number of ether oxygens (including phenoxy) is 1. The number of alkyl halides is 1. The molecule has 4 fully saturated rings. The van der Waals surface area contributed by atoms with Crippen LogP contribution in [0, 0.1) is 5.92 Å². The van der Waals surface area contributed by atoms with Gasteiger partial charge in [0, 0.05) is 57.7 Å². The highest BCUT2D eigenvalue weighted by molar-refractivity contribution is 5.96. The van der Waals surface area contributed by atoms with E-state index in [-0.39, 0.29) is 30.7 Å². The molecule has 0 bridgehead atoms. The number of fused-ring (bicyclic) bond motifs is 1. The maximum absolute atomic E-state index is 13.8. The van der Waals surface area contributed by atoms with Gasteiger partial charge in [-0.1, -0.05) is 0 Å². The molecule has 4 saturated heterocycles. The summed E-state index contributed by atoms with van der Waals surface area (Å²) in [7, 11) is 2.19. The molecule has 176 valence electrons. The Morgan fingerprint density at radius 1 is 1.38 bits per heavy atom. The number of hydrazine groups is 1. The zero-order valence-corrected chi connectivity index (χ0v) is 18.5. The molecule has 1 spiro atoms. The maximum Gasteiger partial charge on any atom is 0.233 e. The van der Waals surface area contributed by atoms with Crippen molar-refractivity contribution in [3.05, 3.63) is 18.5 Å². The van der Waals surface area contributed by atoms with Gasteiger partial charge in [0.05, 0.1) is 35.8 Å². The fourth-order valence-electron chi connectivity index (χ4n) is 5.51. The standard InChI is InChI=1S/C21H33FN8O2/c1-28-6-7-29(13-21(28)3-8-32-9-4-21)16-2-5-24-11-15(16)26-20(31)17-18(23)27-30-12-14(22)10-25-19(17)30/h2,5,11,14,17-19,25,27H,3-4,6-10,12-13,23H2,1H3,(H,26,31). The molecule has 0 radical (unpaired) electrons. The van der Waals surface area contributed by atoms with E-state index in [9.17, 15) is 9.18 Å². The Balaban J connectivity index is 1.33. The lowest BCUT2D eigenvalue weighted by atomic mass is 9.85. The average Bonchev–Trinajstić information content (AvgIpc) is 3.11. The van der Waals surface area contributed by atoms with Gasteiger partial charge in [-0.05, 0) is 26.0 Å². The monoisotopic (exact) mass is 448 g/mol. The number of likely N-dealkylation sites (N-methyl/N-ethyl adjacent to an activating group) is 1. The van der Waals surface area contributed by atoms with E-state index in [1.807, 2.05) is 6.07 Å². The Labute approximate surface area is 187 Å². The summed E-state index contributed by atoms with van der Waals surface area (Å²) in [6.07, 6.45) is 3.52. The van der Waals surface area contributed by atoms with Crippen LogP contribution >= 0.6 is 0 Å². The molecule has 5 N–H and O–H groups in total. The number of nitrogens with one attached hydrogen (secondary N) is 3. The van der Waals surface area contributed by atoms with Crippen LogP contribution in [0.2, 0.25) is 0 Å². The largest absolute Gasteiger partial charge is 0.381 e. The number of pyridine rings is 1. The number of halogens is 1. The van der Waals surface area contributed by atoms with Gasteiger partial charge in [-0.2, -0.15) is 0 Å². The van der Waals surface area contributed by atoms with Crippen molar-refractivity contribution in [2.45, 2.75) is 36.9 Å². The third-order valence-corrected chi connectivity index (χ3v) is 7.44. The quantitative estimate of drug-likeness (QED) is 0.478. The second kappa shape index (κ2) is 8.81. The van der Waals surface area contributed by atoms with Crippen molar-refractivity contribution in [3.8, 4) is 0 Å². The van der Waals surface area contributed by atoms with Crippen LogP contribution in [-0.4, -0.2) is 97.8 Å². The Morgan fingerprint density at radius 3 is 3.00 bits per heavy atom. The molecule has 4 aliphatic heterocycles. The number of amides is 1. The summed E-state index contributed by atoms with van der Waals surface area (Å²) < 4.78 is 19.4. The normalized spacial score (nSPS) is 33.3. The van der Waals surface area contributed by atoms with Gasteiger partial charge >= 0.3 is 0 Å². The number of rotatable bonds is 3. The summed E-state index contributed by atoms with van der Waals surface area (Å²) in [5.41, 5.74) is 11.0. The third-order valence-electron chi connectivity index (χ3n) is 7.44. The average molecular weight is 449 g/mol. The second-order valence-electron chi connectivity index (χ2n) is 9.35. The Hall–Kier alpha value is -1.89. The summed E-state index contributed by atoms with van der Waals surface area (Å²) in [6.45, 7) is 4.65. The van der Waals surface area contributed by atoms with Crippen LogP contribution in [0.15, 0.2) is 18.5 Å². The van der Waals surface area contributed by atoms with E-state index in [1.165, 1.54) is 0 Å². The van der Waals surface area contributed by atoms with Crippen LogP contribution in [-0.2, 0) is 9.53 Å². The van der Waals surface area contributed by atoms with Gasteiger partial charge in [-0.25, -0.2) is 14.8 Å². The summed E-state index contributed by atoms with van der Waals surface area (Å²) in [5, 5.41) is 7.87. The number of piperazine rings is 1. The first-order chi connectivity index (χ1) is 15.5. The Morgan fingerprint density at radius 2 is 2.19 bits per heavy atom. The van der Waals surface area contributed by atoms with Crippen LogP contribution in [0.4, 0.5) is 15.8 Å². The molecule has 1 aromatic rings. The van der Waals surface area contributed by atoms with Crippen molar-refractivity contribution < 1.29 is 13.9 Å². The van der Waals surface area contributed by atoms with Crippen molar-refractivity contribution in [2.24, 2.45) is 11.7 Å². The maximum atomic E-state index is 13.8. The van der Waals surface area contributed by atoms with Crippen molar-refractivity contribution in [1.29, 1.82) is 0 Å². The lowest BCUT2D eigenvalue weighted by Crippen LogP contribution is -2.63. The molecule has 4 aliphatic rings. The smallest absolute Gasteiger partial charge is 0.233 e. The van der Waals surface area contributed by atoms with Crippen molar-refractivity contribution in [2.75, 3.05) is 63.2 Å². The van der Waals surface area contributed by atoms with E-state index in [2.05, 4.69) is 37.9 Å². The zero-order valence-electron chi connectivity index (χ0n) is 18.5. The number of hydrogen-bond donors (Lipinski definition) is 4. The molecule has 4 unspecified atom stereocenters. The molecule has 0 aliphatic carbocycles. The minimum atomic E-state index is -0.993. The number of carbonyl (C=O) groups excluding carboxylic acids is 1. The van der Waals surface area contributed by atoms with Crippen LogP contribution in [0.5, 0.6) is 0 Å². The fraction of sp³-hybridized carbons (Fsp3) is 0.714. The molecule has 5 heterocycles. The Kier molecular flexibility index (Phi) is 6.03. The molecule has 1 aromatic heterocycles. The molecule has 0 saturated carbocycles. The van der Waals surface area contributed by atoms with E-state index < -0.39 is 18.3 Å². The van der Waals surface area contributed by atoms with Crippen molar-refractivity contribution in [3.63, 3.8) is 0 Å². The lowest BCUT2D eigenvalue weighted by molar-refractivity contribution is -0.121. The highest BCUT2D eigenvalue weighted by Crippen LogP contribution is 2.35. The van der Waals surface area contributed by atoms with Gasteiger partial charge in [0.2, 0.25) is 5.91 Å². The summed E-state index contributed by atoms with van der Waals surface area (Å²) in [4.78, 5) is 22.3. The first-order valence-corrected chi connectivity index (χ1v) is 11.4. The molecule has 10 nitrogen and oxygen atoms in total. The zero-order chi connectivity index (χ0) is 22.3. The number of hydrogen-bond acceptors (Lipinski definition) is 9. The first kappa shape index (κ1) is 21.9. The molecular weight excluding hydrogens is 415 g/mol. The van der Waals surface area contributed by atoms with E-state index in [4.69, 9.17) is 10.5 Å². The van der Waals surface area contributed by atoms with E-state index in [0.717, 1.165) is 51.4 Å². The highest BCUT2D eigenvalue weighted by atomic mass is 19.1. The third kappa shape index (κ3) is 3.97. The lowest BCUT2D eigenvalue weighted by Gasteiger charge is -2.52. The summed E-state index contributed by atoms with van der Waals surface area (Å²) >= 11 is 0. The van der Waals surface area contributed by atoms with Gasteiger partial charge in [0.25, 0.3) is 0 Å². The predicted octanol–water partition coefficient (Wildman–Crippen LogP) is -0.690. The predicted molar refractivity (Wildman–Crippen MR) is 118 cm³/mol. The fourth-order valence-corrected chi connectivity index (χ4v) is 5.51. The minimum absolute atomic E-state index is 0.0776. The van der Waals surface area contributed by atoms with Crippen LogP contribution in [0.1, 0.15) is 12.8 Å². The van der Waals surface area contributed by atoms with Crippen LogP contribution < -0.4 is 26.7 Å². The highest BCUT2D eigenvalue weighted by Gasteiger charge is 2.47. The summed E-state index contributed by atoms with van der Waals surface area (Å²) in [6, 6.07) is 1.96. The van der Waals surface area contributed by atoms with Gasteiger partial charge < -0.3 is 20.7 Å². The van der Waals surface area contributed by atoms with Crippen molar-refractivity contribution >= 4 is 17.3 Å². The van der Waals surface area contributed by atoms with Crippen LogP contribution in [0.3, 0.4) is 0 Å². The first-order valence-electron chi connectivity index (χ1n) is 11.4. The number of aromatic nitrogens is 1. The van der Waals surface area contributed by atoms with Gasteiger partial charge in [-0.3, -0.25) is 20.0 Å². The molecule has 4 atom stereocenters. The number of nitrogens with two attached hydrogens (primary N) is 1.